The maximum Gasteiger partial charge on any atom is 0.191 e. The summed E-state index contributed by atoms with van der Waals surface area (Å²) >= 11 is 0. The molecule has 126 valence electrons. The Labute approximate surface area is 152 Å². The molecule has 0 saturated carbocycles. The van der Waals surface area contributed by atoms with Crippen molar-refractivity contribution >= 4 is 29.9 Å². The molecule has 0 spiro atoms. The van der Waals surface area contributed by atoms with E-state index >= 15 is 0 Å². The molecule has 0 aliphatic carbocycles. The minimum absolute atomic E-state index is 0. The van der Waals surface area contributed by atoms with Crippen LogP contribution in [-0.2, 0) is 11.2 Å². The fourth-order valence-corrected chi connectivity index (χ4v) is 2.18. The molecule has 0 heterocycles. The molecule has 5 heteroatoms. The van der Waals surface area contributed by atoms with Gasteiger partial charge in [0.15, 0.2) is 5.96 Å². The van der Waals surface area contributed by atoms with Crippen LogP contribution >= 0.6 is 24.0 Å². The van der Waals surface area contributed by atoms with Crippen LogP contribution in [0.5, 0.6) is 0 Å². The van der Waals surface area contributed by atoms with Crippen LogP contribution in [0.2, 0.25) is 0 Å². The first kappa shape index (κ1) is 21.2. The first-order chi connectivity index (χ1) is 10.2. The number of benzene rings is 1. The summed E-state index contributed by atoms with van der Waals surface area (Å²) in [5, 5.41) is 6.65. The summed E-state index contributed by atoms with van der Waals surface area (Å²) in [6.07, 6.45) is 1.96. The molecule has 0 aromatic heterocycles. The van der Waals surface area contributed by atoms with Gasteiger partial charge in [-0.2, -0.15) is 0 Å². The van der Waals surface area contributed by atoms with Gasteiger partial charge < -0.3 is 15.4 Å². The molecule has 22 heavy (non-hydrogen) atoms. The van der Waals surface area contributed by atoms with E-state index in [-0.39, 0.29) is 24.0 Å². The van der Waals surface area contributed by atoms with Crippen molar-refractivity contribution in [3.63, 3.8) is 0 Å². The maximum atomic E-state index is 5.04. The third-order valence-corrected chi connectivity index (χ3v) is 3.31. The lowest BCUT2D eigenvalue weighted by atomic mass is 10.0. The number of hydrogen-bond donors (Lipinski definition) is 2. The Balaban J connectivity index is 0.00000441. The number of rotatable bonds is 8. The molecule has 1 aromatic rings. The van der Waals surface area contributed by atoms with Gasteiger partial charge in [0.1, 0.15) is 0 Å². The van der Waals surface area contributed by atoms with E-state index in [9.17, 15) is 0 Å². The summed E-state index contributed by atoms with van der Waals surface area (Å²) in [7, 11) is 1.72. The Morgan fingerprint density at radius 3 is 2.64 bits per heavy atom. The molecule has 0 radical (unpaired) electrons. The molecule has 0 unspecified atom stereocenters. The van der Waals surface area contributed by atoms with Crippen molar-refractivity contribution < 1.29 is 4.74 Å². The van der Waals surface area contributed by atoms with Crippen molar-refractivity contribution in [2.75, 3.05) is 33.4 Å². The van der Waals surface area contributed by atoms with Crippen molar-refractivity contribution in [2.24, 2.45) is 4.99 Å². The number of aliphatic imine (C=N–C) groups is 1. The number of aryl methyl sites for hydroxylation is 2. The number of guanidine groups is 1. The molecule has 1 aromatic carbocycles. The van der Waals surface area contributed by atoms with Crippen LogP contribution in [0, 0.1) is 13.8 Å². The number of methoxy groups -OCH3 is 1. The highest BCUT2D eigenvalue weighted by Gasteiger charge is 2.00. The van der Waals surface area contributed by atoms with E-state index in [1.165, 1.54) is 16.7 Å². The first-order valence-electron chi connectivity index (χ1n) is 7.74. The van der Waals surface area contributed by atoms with E-state index in [0.29, 0.717) is 0 Å². The monoisotopic (exact) mass is 419 g/mol. The molecule has 0 fully saturated rings. The van der Waals surface area contributed by atoms with Crippen molar-refractivity contribution in [1.82, 2.24) is 10.6 Å². The molecule has 0 bridgehead atoms. The highest BCUT2D eigenvalue weighted by molar-refractivity contribution is 14.0. The lowest BCUT2D eigenvalue weighted by Gasteiger charge is -2.12. The number of nitrogens with zero attached hydrogens (tertiary/aromatic N) is 1. The van der Waals surface area contributed by atoms with Gasteiger partial charge in [0.25, 0.3) is 0 Å². The molecule has 4 nitrogen and oxygen atoms in total. The highest BCUT2D eigenvalue weighted by Crippen LogP contribution is 2.10. The van der Waals surface area contributed by atoms with Crippen LogP contribution in [0.4, 0.5) is 0 Å². The molecule has 0 amide bonds. The average molecular weight is 419 g/mol. The third kappa shape index (κ3) is 8.58. The van der Waals surface area contributed by atoms with E-state index in [2.05, 4.69) is 54.6 Å². The Morgan fingerprint density at radius 2 is 2.00 bits per heavy atom. The van der Waals surface area contributed by atoms with Gasteiger partial charge in [0, 0.05) is 33.4 Å². The van der Waals surface area contributed by atoms with Crippen LogP contribution in [0.3, 0.4) is 0 Å². The lowest BCUT2D eigenvalue weighted by molar-refractivity contribution is 0.197. The van der Waals surface area contributed by atoms with Gasteiger partial charge >= 0.3 is 0 Å². The maximum absolute atomic E-state index is 5.04. The van der Waals surface area contributed by atoms with Gasteiger partial charge in [0.2, 0.25) is 0 Å². The number of nitrogens with one attached hydrogen (secondary N) is 2. The van der Waals surface area contributed by atoms with Crippen LogP contribution in [0.25, 0.3) is 0 Å². The van der Waals surface area contributed by atoms with Crippen molar-refractivity contribution in [2.45, 2.75) is 33.6 Å². The summed E-state index contributed by atoms with van der Waals surface area (Å²) in [4.78, 5) is 4.53. The molecule has 0 saturated heterocycles. The minimum atomic E-state index is 0. The average Bonchev–Trinajstić information content (AvgIpc) is 2.45. The molecular weight excluding hydrogens is 389 g/mol. The van der Waals surface area contributed by atoms with Crippen molar-refractivity contribution in [3.05, 3.63) is 34.9 Å². The zero-order chi connectivity index (χ0) is 15.5. The van der Waals surface area contributed by atoms with E-state index in [0.717, 1.165) is 45.0 Å². The molecule has 0 aliphatic heterocycles. The van der Waals surface area contributed by atoms with E-state index < -0.39 is 0 Å². The lowest BCUT2D eigenvalue weighted by Crippen LogP contribution is -2.38. The van der Waals surface area contributed by atoms with E-state index in [4.69, 9.17) is 4.74 Å². The quantitative estimate of drug-likeness (QED) is 0.295. The van der Waals surface area contributed by atoms with Gasteiger partial charge in [-0.1, -0.05) is 23.8 Å². The SMILES string of the molecule is CCNC(=NCCCOC)NCCc1ccc(C)cc1C.I. The van der Waals surface area contributed by atoms with Crippen LogP contribution in [0.15, 0.2) is 23.2 Å². The second kappa shape index (κ2) is 12.7. The number of halogens is 1. The smallest absolute Gasteiger partial charge is 0.191 e. The fourth-order valence-electron chi connectivity index (χ4n) is 2.18. The first-order valence-corrected chi connectivity index (χ1v) is 7.74. The minimum Gasteiger partial charge on any atom is -0.385 e. The summed E-state index contributed by atoms with van der Waals surface area (Å²) in [6.45, 7) is 9.69. The largest absolute Gasteiger partial charge is 0.385 e. The second-order valence-electron chi connectivity index (χ2n) is 5.21. The molecule has 1 rings (SSSR count). The van der Waals surface area contributed by atoms with Gasteiger partial charge in [-0.25, -0.2) is 0 Å². The Bertz CT molecular complexity index is 450. The van der Waals surface area contributed by atoms with Gasteiger partial charge in [-0.05, 0) is 44.7 Å². The van der Waals surface area contributed by atoms with Gasteiger partial charge in [0.05, 0.1) is 0 Å². The topological polar surface area (TPSA) is 45.7 Å². The summed E-state index contributed by atoms with van der Waals surface area (Å²) in [5.41, 5.74) is 4.07. The predicted molar refractivity (Wildman–Crippen MR) is 106 cm³/mol. The van der Waals surface area contributed by atoms with Gasteiger partial charge in [-0.15, -0.1) is 24.0 Å². The molecule has 0 atom stereocenters. The summed E-state index contributed by atoms with van der Waals surface area (Å²) in [5.74, 6) is 0.887. The predicted octanol–water partition coefficient (Wildman–Crippen LogP) is 3.06. The Morgan fingerprint density at radius 1 is 1.23 bits per heavy atom. The fraction of sp³-hybridized carbons (Fsp3) is 0.588. The number of hydrogen-bond acceptors (Lipinski definition) is 2. The van der Waals surface area contributed by atoms with Crippen molar-refractivity contribution in [3.8, 4) is 0 Å². The van der Waals surface area contributed by atoms with Crippen molar-refractivity contribution in [1.29, 1.82) is 0 Å². The van der Waals surface area contributed by atoms with E-state index in [1.807, 2.05) is 0 Å². The van der Waals surface area contributed by atoms with E-state index in [1.54, 1.807) is 7.11 Å². The summed E-state index contributed by atoms with van der Waals surface area (Å²) < 4.78 is 5.04. The zero-order valence-electron chi connectivity index (χ0n) is 14.2. The Kier molecular flexibility index (Phi) is 12.2. The molecule has 0 aliphatic rings. The van der Waals surface area contributed by atoms with Crippen LogP contribution in [0.1, 0.15) is 30.0 Å². The molecule has 2 N–H and O–H groups in total. The standard InChI is InChI=1S/C17H29N3O.HI/c1-5-18-17(19-10-6-12-21-4)20-11-9-16-8-7-14(2)13-15(16)3;/h7-8,13H,5-6,9-12H2,1-4H3,(H2,18,19,20);1H. The highest BCUT2D eigenvalue weighted by atomic mass is 127. The van der Waals surface area contributed by atoms with Crippen LogP contribution in [-0.4, -0.2) is 39.3 Å². The normalized spacial score (nSPS) is 11.0. The number of ether oxygens (including phenoxy) is 1. The summed E-state index contributed by atoms with van der Waals surface area (Å²) in [6, 6.07) is 6.63. The zero-order valence-corrected chi connectivity index (χ0v) is 16.6. The third-order valence-electron chi connectivity index (χ3n) is 3.31. The van der Waals surface area contributed by atoms with Gasteiger partial charge in [-0.3, -0.25) is 4.99 Å². The Hall–Kier alpha value is -0.820. The second-order valence-corrected chi connectivity index (χ2v) is 5.21. The van der Waals surface area contributed by atoms with Crippen LogP contribution < -0.4 is 10.6 Å². The molecular formula is C17H30IN3O.